The normalized spacial score (nSPS) is 12.1. The van der Waals surface area contributed by atoms with Crippen molar-refractivity contribution in [2.45, 2.75) is 13.3 Å². The first-order valence-electron chi connectivity index (χ1n) is 6.27. The zero-order valence-corrected chi connectivity index (χ0v) is 16.4. The molecule has 2 aromatic rings. The molecule has 0 nitrogen and oxygen atoms in total. The average Bonchev–Trinajstić information content (AvgIpc) is 2.78. The number of allylic oxidation sites excluding steroid dienone is 1. The first-order valence-corrected chi connectivity index (χ1v) is 15.2. The van der Waals surface area contributed by atoms with Gasteiger partial charge in [0.2, 0.25) is 0 Å². The van der Waals surface area contributed by atoms with E-state index in [1.54, 1.807) is 0 Å². The molecule has 1 aliphatic rings. The third kappa shape index (κ3) is 4.24. The first-order chi connectivity index (χ1) is 10.0. The van der Waals surface area contributed by atoms with E-state index in [1.807, 2.05) is 12.1 Å². The number of fused-ring (bicyclic) bond motifs is 1. The van der Waals surface area contributed by atoms with Crippen molar-refractivity contribution in [3.8, 4) is 11.1 Å². The van der Waals surface area contributed by atoms with Crippen LogP contribution in [0.4, 0.5) is 8.78 Å². The van der Waals surface area contributed by atoms with Gasteiger partial charge in [0.05, 0.1) is 0 Å². The van der Waals surface area contributed by atoms with E-state index in [9.17, 15) is 8.78 Å². The summed E-state index contributed by atoms with van der Waals surface area (Å²) in [6.07, 6.45) is 3.01. The molecule has 5 heteroatoms. The number of halogens is 4. The summed E-state index contributed by atoms with van der Waals surface area (Å²) in [4.78, 5) is 0. The van der Waals surface area contributed by atoms with Gasteiger partial charge in [0.1, 0.15) is 11.6 Å². The number of hydrogen-bond donors (Lipinski definition) is 0. The summed E-state index contributed by atoms with van der Waals surface area (Å²) >= 11 is -0.972. The second kappa shape index (κ2) is 7.66. The summed E-state index contributed by atoms with van der Waals surface area (Å²) in [7, 11) is 9.92. The maximum absolute atomic E-state index is 13.3. The van der Waals surface area contributed by atoms with Crippen LogP contribution in [0.1, 0.15) is 18.1 Å². The van der Waals surface area contributed by atoms with Gasteiger partial charge in [0.25, 0.3) is 0 Å². The third-order valence-electron chi connectivity index (χ3n) is 3.23. The van der Waals surface area contributed by atoms with Gasteiger partial charge in [0.15, 0.2) is 0 Å². The fourth-order valence-electron chi connectivity index (χ4n) is 2.50. The van der Waals surface area contributed by atoms with Crippen molar-refractivity contribution in [2.24, 2.45) is 0 Å². The van der Waals surface area contributed by atoms with Gasteiger partial charge in [-0.05, 0) is 47.7 Å². The molecule has 108 valence electrons. The van der Waals surface area contributed by atoms with E-state index in [1.165, 1.54) is 23.3 Å². The Labute approximate surface area is 141 Å². The molecule has 3 rings (SSSR count). The molecule has 0 aromatic heterocycles. The van der Waals surface area contributed by atoms with Crippen LogP contribution < -0.4 is 0 Å². The molecule has 2 aromatic carbocycles. The van der Waals surface area contributed by atoms with Crippen LogP contribution in [0.2, 0.25) is 0 Å². The molecule has 0 amide bonds. The summed E-state index contributed by atoms with van der Waals surface area (Å²) in [5, 5.41) is 0. The van der Waals surface area contributed by atoms with E-state index in [2.05, 4.69) is 19.1 Å². The zero-order valence-electron chi connectivity index (χ0n) is 11.3. The van der Waals surface area contributed by atoms with Gasteiger partial charge in [-0.15, -0.1) is 0 Å². The Hall–Kier alpha value is -0.510. The Balaban J connectivity index is 0.000000497. The van der Waals surface area contributed by atoms with Gasteiger partial charge in [-0.1, -0.05) is 29.8 Å². The van der Waals surface area contributed by atoms with Crippen LogP contribution in [0, 0.1) is 11.6 Å². The molecule has 0 atom stereocenters. The topological polar surface area (TPSA) is 0 Å². The maximum atomic E-state index is 13.3. The van der Waals surface area contributed by atoms with Crippen molar-refractivity contribution in [1.82, 2.24) is 0 Å². The van der Waals surface area contributed by atoms with E-state index in [0.29, 0.717) is 5.56 Å². The van der Waals surface area contributed by atoms with Gasteiger partial charge in [-0.3, -0.25) is 0 Å². The molecule has 0 aliphatic heterocycles. The van der Waals surface area contributed by atoms with Crippen LogP contribution in [-0.2, 0) is 27.0 Å². The number of benzene rings is 2. The van der Waals surface area contributed by atoms with Crippen molar-refractivity contribution in [1.29, 1.82) is 0 Å². The summed E-state index contributed by atoms with van der Waals surface area (Å²) in [5.41, 5.74) is 5.06. The SMILES string of the molecule is CC1=Cc2c(cccc2-c2cc(F)cc(F)c2)C1.[Cl][Hf][Cl]. The molecule has 0 radical (unpaired) electrons. The van der Waals surface area contributed by atoms with Gasteiger partial charge in [0, 0.05) is 6.07 Å². The average molecular weight is 492 g/mol. The first kappa shape index (κ1) is 16.9. The standard InChI is InChI=1S/C16H12F2.2ClH.Hf/c1-10-5-11-3-2-4-15(16(11)6-10)12-7-13(17)9-14(18)8-12;;;/h2-4,6-9H,5H2,1H3;2*1H;/q;;;+2/p-2. The summed E-state index contributed by atoms with van der Waals surface area (Å²) < 4.78 is 26.6. The Kier molecular flexibility index (Phi) is 6.15. The monoisotopic (exact) mass is 492 g/mol. The van der Waals surface area contributed by atoms with Crippen molar-refractivity contribution in [2.75, 3.05) is 0 Å². The molecule has 0 unspecified atom stereocenters. The fraction of sp³-hybridized carbons (Fsp3) is 0.125. The van der Waals surface area contributed by atoms with Gasteiger partial charge < -0.3 is 0 Å². The predicted molar refractivity (Wildman–Crippen MR) is 80.9 cm³/mol. The Morgan fingerprint density at radius 3 is 2.29 bits per heavy atom. The second-order valence-corrected chi connectivity index (χ2v) is 9.97. The molecule has 0 spiro atoms. The van der Waals surface area contributed by atoms with E-state index in [0.717, 1.165) is 23.6 Å². The van der Waals surface area contributed by atoms with Gasteiger partial charge in [-0.25, -0.2) is 8.78 Å². The minimum absolute atomic E-state index is 0.540. The number of hydrogen-bond acceptors (Lipinski definition) is 0. The van der Waals surface area contributed by atoms with E-state index >= 15 is 0 Å². The van der Waals surface area contributed by atoms with Crippen LogP contribution in [-0.4, -0.2) is 0 Å². The number of rotatable bonds is 1. The fourth-order valence-corrected chi connectivity index (χ4v) is 2.50. The summed E-state index contributed by atoms with van der Waals surface area (Å²) in [6, 6.07) is 9.54. The molecule has 0 bridgehead atoms. The molecule has 0 fully saturated rings. The van der Waals surface area contributed by atoms with E-state index in [4.69, 9.17) is 17.2 Å². The predicted octanol–water partition coefficient (Wildman–Crippen LogP) is 5.97. The van der Waals surface area contributed by atoms with E-state index in [-0.39, 0.29) is 0 Å². The molecular weight excluding hydrogens is 480 g/mol. The van der Waals surface area contributed by atoms with Gasteiger partial charge >= 0.3 is 37.7 Å². The molecule has 0 saturated carbocycles. The van der Waals surface area contributed by atoms with Crippen LogP contribution in [0.25, 0.3) is 17.2 Å². The quantitative estimate of drug-likeness (QED) is 0.432. The Morgan fingerprint density at radius 1 is 1.05 bits per heavy atom. The van der Waals surface area contributed by atoms with Crippen molar-refractivity contribution in [3.63, 3.8) is 0 Å². The molecular formula is C16H12Cl2F2Hf. The summed E-state index contributed by atoms with van der Waals surface area (Å²) in [5.74, 6) is -1.08. The van der Waals surface area contributed by atoms with Crippen LogP contribution >= 0.6 is 17.2 Å². The van der Waals surface area contributed by atoms with Gasteiger partial charge in [-0.2, -0.15) is 0 Å². The zero-order chi connectivity index (χ0) is 15.4. The van der Waals surface area contributed by atoms with E-state index < -0.39 is 32.2 Å². The molecule has 0 saturated heterocycles. The second-order valence-electron chi connectivity index (χ2n) is 4.78. The molecule has 0 N–H and O–H groups in total. The Morgan fingerprint density at radius 2 is 1.67 bits per heavy atom. The Bertz CT molecular complexity index is 664. The molecule has 0 heterocycles. The molecule has 21 heavy (non-hydrogen) atoms. The van der Waals surface area contributed by atoms with Crippen molar-refractivity contribution in [3.05, 3.63) is 64.7 Å². The van der Waals surface area contributed by atoms with Crippen LogP contribution in [0.3, 0.4) is 0 Å². The summed E-state index contributed by atoms with van der Waals surface area (Å²) in [6.45, 7) is 2.07. The third-order valence-corrected chi connectivity index (χ3v) is 3.23. The van der Waals surface area contributed by atoms with Crippen molar-refractivity contribution >= 4 is 23.2 Å². The van der Waals surface area contributed by atoms with Crippen LogP contribution in [0.5, 0.6) is 0 Å². The van der Waals surface area contributed by atoms with Crippen LogP contribution in [0.15, 0.2) is 42.0 Å². The minimum atomic E-state index is -0.972. The molecule has 1 aliphatic carbocycles. The van der Waals surface area contributed by atoms with Crippen molar-refractivity contribution < 1.29 is 29.3 Å².